The second kappa shape index (κ2) is 7.35. The summed E-state index contributed by atoms with van der Waals surface area (Å²) < 4.78 is 0. The molecule has 3 N–H and O–H groups in total. The molecule has 7 nitrogen and oxygen atoms in total. The van der Waals surface area contributed by atoms with Crippen molar-refractivity contribution in [2.24, 2.45) is 17.1 Å². The molecule has 2 amide bonds. The number of nitro groups is 1. The monoisotopic (exact) mass is 401 g/mol. The van der Waals surface area contributed by atoms with Crippen LogP contribution >= 0.6 is 11.3 Å². The lowest BCUT2D eigenvalue weighted by Gasteiger charge is -2.33. The van der Waals surface area contributed by atoms with Crippen LogP contribution in [-0.4, -0.2) is 16.7 Å². The Morgan fingerprint density at radius 3 is 2.64 bits per heavy atom. The minimum atomic E-state index is -0.568. The molecular weight excluding hydrogens is 378 g/mol. The van der Waals surface area contributed by atoms with Gasteiger partial charge in [-0.3, -0.25) is 19.7 Å². The number of carbonyl (C=O) groups is 2. The smallest absolute Gasteiger partial charge is 0.270 e. The number of nitrogens with zero attached hydrogens (tertiary/aromatic N) is 1. The molecule has 0 aliphatic heterocycles. The van der Waals surface area contributed by atoms with Crippen LogP contribution in [0.15, 0.2) is 24.3 Å². The molecule has 1 aromatic heterocycles. The average Bonchev–Trinajstić information content (AvgIpc) is 2.98. The van der Waals surface area contributed by atoms with Crippen molar-refractivity contribution in [3.63, 3.8) is 0 Å². The summed E-state index contributed by atoms with van der Waals surface area (Å²) in [5.41, 5.74) is 7.04. The second-order valence-corrected chi connectivity index (χ2v) is 9.24. The number of hydrogen-bond acceptors (Lipinski definition) is 5. The van der Waals surface area contributed by atoms with Crippen molar-refractivity contribution in [1.29, 1.82) is 0 Å². The van der Waals surface area contributed by atoms with Gasteiger partial charge in [0, 0.05) is 22.6 Å². The van der Waals surface area contributed by atoms with Gasteiger partial charge in [-0.15, -0.1) is 11.3 Å². The molecule has 3 rings (SSSR count). The highest BCUT2D eigenvalue weighted by molar-refractivity contribution is 7.17. The molecule has 0 bridgehead atoms. The van der Waals surface area contributed by atoms with Gasteiger partial charge in [-0.2, -0.15) is 0 Å². The van der Waals surface area contributed by atoms with E-state index in [1.54, 1.807) is 0 Å². The van der Waals surface area contributed by atoms with Gasteiger partial charge in [0.25, 0.3) is 17.5 Å². The highest BCUT2D eigenvalue weighted by Gasteiger charge is 2.33. The Kier molecular flexibility index (Phi) is 5.25. The zero-order valence-electron chi connectivity index (χ0n) is 16.1. The number of rotatable bonds is 4. The lowest BCUT2D eigenvalue weighted by Crippen LogP contribution is -2.27. The van der Waals surface area contributed by atoms with E-state index in [4.69, 9.17) is 5.73 Å². The molecule has 28 heavy (non-hydrogen) atoms. The number of amides is 2. The normalized spacial score (nSPS) is 16.3. The standard InChI is InChI=1S/C20H23N3O4S/c1-20(2,3)12-7-8-14-15(10-12)28-19(16(14)17(21)24)22-18(25)11-5-4-6-13(9-11)23(26)27/h4-6,9,12H,7-8,10H2,1-3H3,(H2,21,24)(H,22,25)/t12-/m0/s1. The van der Waals surface area contributed by atoms with E-state index in [2.05, 4.69) is 26.1 Å². The molecule has 0 radical (unpaired) electrons. The van der Waals surface area contributed by atoms with E-state index in [9.17, 15) is 19.7 Å². The van der Waals surface area contributed by atoms with E-state index < -0.39 is 16.7 Å². The van der Waals surface area contributed by atoms with Crippen LogP contribution in [0.4, 0.5) is 10.7 Å². The van der Waals surface area contributed by atoms with E-state index in [-0.39, 0.29) is 16.7 Å². The summed E-state index contributed by atoms with van der Waals surface area (Å²) in [7, 11) is 0. The van der Waals surface area contributed by atoms with Gasteiger partial charge in [-0.25, -0.2) is 0 Å². The highest BCUT2D eigenvalue weighted by Crippen LogP contribution is 2.44. The SMILES string of the molecule is CC(C)(C)[C@H]1CCc2c(sc(NC(=O)c3cccc([N+](=O)[O-])c3)c2C(N)=O)C1. The Hall–Kier alpha value is -2.74. The molecule has 0 saturated carbocycles. The molecule has 1 heterocycles. The maximum Gasteiger partial charge on any atom is 0.270 e. The Morgan fingerprint density at radius 2 is 2.04 bits per heavy atom. The molecule has 0 fully saturated rings. The van der Waals surface area contributed by atoms with Crippen LogP contribution in [0.5, 0.6) is 0 Å². The molecular formula is C20H23N3O4S. The quantitative estimate of drug-likeness (QED) is 0.591. The lowest BCUT2D eigenvalue weighted by molar-refractivity contribution is -0.384. The summed E-state index contributed by atoms with van der Waals surface area (Å²) >= 11 is 1.38. The molecule has 8 heteroatoms. The first-order valence-corrected chi connectivity index (χ1v) is 9.89. The Labute approximate surface area is 167 Å². The van der Waals surface area contributed by atoms with Crippen molar-refractivity contribution in [3.05, 3.63) is 55.9 Å². The Bertz CT molecular complexity index is 959. The number of anilines is 1. The number of nitrogens with one attached hydrogen (secondary N) is 1. The molecule has 1 aromatic carbocycles. The van der Waals surface area contributed by atoms with Crippen LogP contribution < -0.4 is 11.1 Å². The zero-order valence-corrected chi connectivity index (χ0v) is 16.9. The molecule has 148 valence electrons. The number of benzene rings is 1. The first kappa shape index (κ1) is 20.0. The molecule has 0 spiro atoms. The Morgan fingerprint density at radius 1 is 1.32 bits per heavy atom. The van der Waals surface area contributed by atoms with Crippen LogP contribution in [0, 0.1) is 21.4 Å². The van der Waals surface area contributed by atoms with Crippen LogP contribution in [0.25, 0.3) is 0 Å². The average molecular weight is 401 g/mol. The van der Waals surface area contributed by atoms with Gasteiger partial charge >= 0.3 is 0 Å². The number of primary amides is 1. The van der Waals surface area contributed by atoms with Crippen LogP contribution in [0.2, 0.25) is 0 Å². The van der Waals surface area contributed by atoms with E-state index >= 15 is 0 Å². The van der Waals surface area contributed by atoms with E-state index in [1.165, 1.54) is 35.6 Å². The van der Waals surface area contributed by atoms with Gasteiger partial charge in [-0.1, -0.05) is 26.8 Å². The lowest BCUT2D eigenvalue weighted by atomic mass is 9.72. The first-order valence-electron chi connectivity index (χ1n) is 9.08. The van der Waals surface area contributed by atoms with Crippen molar-refractivity contribution < 1.29 is 14.5 Å². The number of thiophene rings is 1. The van der Waals surface area contributed by atoms with Gasteiger partial charge in [0.05, 0.1) is 10.5 Å². The second-order valence-electron chi connectivity index (χ2n) is 8.14. The summed E-state index contributed by atoms with van der Waals surface area (Å²) in [5, 5.41) is 14.1. The minimum Gasteiger partial charge on any atom is -0.365 e. The summed E-state index contributed by atoms with van der Waals surface area (Å²) in [5.74, 6) is -0.585. The van der Waals surface area contributed by atoms with E-state index in [0.717, 1.165) is 29.7 Å². The van der Waals surface area contributed by atoms with E-state index in [1.807, 2.05) is 0 Å². The molecule has 1 atom stereocenters. The third kappa shape index (κ3) is 3.91. The predicted octanol–water partition coefficient (Wildman–Crippen LogP) is 4.16. The Balaban J connectivity index is 1.92. The fourth-order valence-corrected chi connectivity index (χ4v) is 4.94. The molecule has 1 aliphatic rings. The molecule has 0 saturated heterocycles. The zero-order chi connectivity index (χ0) is 20.6. The van der Waals surface area contributed by atoms with Crippen molar-refractivity contribution in [3.8, 4) is 0 Å². The summed E-state index contributed by atoms with van der Waals surface area (Å²) in [4.78, 5) is 36.2. The van der Waals surface area contributed by atoms with Crippen molar-refractivity contribution >= 4 is 33.8 Å². The molecule has 2 aromatic rings. The number of hydrogen-bond donors (Lipinski definition) is 2. The van der Waals surface area contributed by atoms with Crippen LogP contribution in [0.3, 0.4) is 0 Å². The van der Waals surface area contributed by atoms with Crippen molar-refractivity contribution in [1.82, 2.24) is 0 Å². The summed E-state index contributed by atoms with van der Waals surface area (Å²) in [6.07, 6.45) is 2.56. The van der Waals surface area contributed by atoms with E-state index in [0.29, 0.717) is 16.5 Å². The van der Waals surface area contributed by atoms with Gasteiger partial charge in [0.2, 0.25) is 0 Å². The van der Waals surface area contributed by atoms with Gasteiger partial charge in [-0.05, 0) is 42.2 Å². The minimum absolute atomic E-state index is 0.154. The van der Waals surface area contributed by atoms with Gasteiger partial charge in [0.15, 0.2) is 0 Å². The molecule has 0 unspecified atom stereocenters. The molecule has 1 aliphatic carbocycles. The fraction of sp³-hybridized carbons (Fsp3) is 0.400. The number of non-ortho nitro benzene ring substituents is 1. The first-order chi connectivity index (χ1) is 13.1. The largest absolute Gasteiger partial charge is 0.365 e. The predicted molar refractivity (Wildman–Crippen MR) is 109 cm³/mol. The maximum absolute atomic E-state index is 12.6. The number of nitro benzene ring substituents is 1. The fourth-order valence-electron chi connectivity index (χ4n) is 3.61. The van der Waals surface area contributed by atoms with Crippen molar-refractivity contribution in [2.75, 3.05) is 5.32 Å². The third-order valence-corrected chi connectivity index (χ3v) is 6.45. The van der Waals surface area contributed by atoms with Crippen LogP contribution in [0.1, 0.15) is 58.3 Å². The number of fused-ring (bicyclic) bond motifs is 1. The summed E-state index contributed by atoms with van der Waals surface area (Å²) in [6.45, 7) is 6.61. The highest BCUT2D eigenvalue weighted by atomic mass is 32.1. The number of carbonyl (C=O) groups excluding carboxylic acids is 2. The van der Waals surface area contributed by atoms with Crippen LogP contribution in [-0.2, 0) is 12.8 Å². The van der Waals surface area contributed by atoms with Gasteiger partial charge in [0.1, 0.15) is 5.00 Å². The van der Waals surface area contributed by atoms with Gasteiger partial charge < -0.3 is 11.1 Å². The topological polar surface area (TPSA) is 115 Å². The summed E-state index contributed by atoms with van der Waals surface area (Å²) in [6, 6.07) is 5.48. The number of nitrogens with two attached hydrogens (primary N) is 1. The van der Waals surface area contributed by atoms with Crippen molar-refractivity contribution in [2.45, 2.75) is 40.0 Å². The third-order valence-electron chi connectivity index (χ3n) is 5.28. The maximum atomic E-state index is 12.6.